The lowest BCUT2D eigenvalue weighted by Crippen LogP contribution is -2.04. The molecule has 2 heterocycles. The molecule has 3 aromatic rings. The summed E-state index contributed by atoms with van der Waals surface area (Å²) < 4.78 is 5.01. The van der Waals surface area contributed by atoms with Gasteiger partial charge in [-0.3, -0.25) is 9.59 Å². The van der Waals surface area contributed by atoms with Crippen LogP contribution in [-0.4, -0.2) is 21.5 Å². The Morgan fingerprint density at radius 3 is 2.80 bits per heavy atom. The zero-order chi connectivity index (χ0) is 13.9. The summed E-state index contributed by atoms with van der Waals surface area (Å²) in [6.45, 7) is 0. The molecule has 1 N–H and O–H groups in total. The number of nitrogens with one attached hydrogen (secondary N) is 1. The summed E-state index contributed by atoms with van der Waals surface area (Å²) in [6.07, 6.45) is 3.34. The zero-order valence-electron chi connectivity index (χ0n) is 10.6. The van der Waals surface area contributed by atoms with Crippen molar-refractivity contribution in [2.45, 2.75) is 12.8 Å². The molecular formula is C15H12N2O3. The topological polar surface area (TPSA) is 76.0 Å². The molecule has 0 unspecified atom stereocenters. The first-order valence-corrected chi connectivity index (χ1v) is 6.27. The summed E-state index contributed by atoms with van der Waals surface area (Å²) >= 11 is 0. The van der Waals surface area contributed by atoms with Crippen molar-refractivity contribution < 1.29 is 14.0 Å². The van der Waals surface area contributed by atoms with Crippen molar-refractivity contribution in [1.82, 2.24) is 9.97 Å². The first kappa shape index (κ1) is 12.3. The van der Waals surface area contributed by atoms with Crippen molar-refractivity contribution in [1.29, 1.82) is 0 Å². The first-order chi connectivity index (χ1) is 9.74. The number of aromatic nitrogens is 2. The molecule has 0 radical (unpaired) electrons. The van der Waals surface area contributed by atoms with Gasteiger partial charge < -0.3 is 9.40 Å². The van der Waals surface area contributed by atoms with E-state index in [-0.39, 0.29) is 24.4 Å². The number of benzene rings is 1. The molecule has 1 aromatic carbocycles. The Morgan fingerprint density at radius 1 is 1.15 bits per heavy atom. The minimum Gasteiger partial charge on any atom is -0.461 e. The molecule has 3 rings (SSSR count). The molecule has 0 fully saturated rings. The van der Waals surface area contributed by atoms with E-state index in [9.17, 15) is 9.59 Å². The molecule has 5 heteroatoms. The lowest BCUT2D eigenvalue weighted by molar-refractivity contribution is 0.0902. The van der Waals surface area contributed by atoms with E-state index in [1.165, 1.54) is 6.26 Å². The second-order valence-electron chi connectivity index (χ2n) is 4.46. The van der Waals surface area contributed by atoms with Crippen molar-refractivity contribution in [3.63, 3.8) is 0 Å². The molecule has 0 aliphatic carbocycles. The van der Waals surface area contributed by atoms with Crippen molar-refractivity contribution in [2.75, 3.05) is 0 Å². The molecule has 5 nitrogen and oxygen atoms in total. The summed E-state index contributed by atoms with van der Waals surface area (Å²) in [5.74, 6) is 0.0641. The molecule has 0 saturated carbocycles. The van der Waals surface area contributed by atoms with E-state index in [0.29, 0.717) is 11.3 Å². The number of Topliss-reactive ketones (excluding diaryl/α,β-unsaturated/α-hetero) is 2. The number of rotatable bonds is 5. The minimum absolute atomic E-state index is 0.0681. The van der Waals surface area contributed by atoms with Gasteiger partial charge in [-0.1, -0.05) is 0 Å². The zero-order valence-corrected chi connectivity index (χ0v) is 10.6. The van der Waals surface area contributed by atoms with E-state index in [1.54, 1.807) is 36.7 Å². The first-order valence-electron chi connectivity index (χ1n) is 6.27. The Labute approximate surface area is 114 Å². The van der Waals surface area contributed by atoms with Crippen LogP contribution in [0.3, 0.4) is 0 Å². The number of H-pyrrole nitrogens is 1. The van der Waals surface area contributed by atoms with Crippen LogP contribution >= 0.6 is 0 Å². The molecule has 0 atom stereocenters. The maximum atomic E-state index is 12.1. The highest BCUT2D eigenvalue weighted by molar-refractivity contribution is 6.02. The SMILES string of the molecule is O=C(CCC(=O)c1ccco1)c1ccc2nc[nH]c2c1. The number of hydrogen-bond donors (Lipinski definition) is 1. The number of nitrogens with zero attached hydrogens (tertiary/aromatic N) is 1. The third-order valence-corrected chi connectivity index (χ3v) is 3.12. The van der Waals surface area contributed by atoms with Gasteiger partial charge in [-0.05, 0) is 30.3 Å². The van der Waals surface area contributed by atoms with E-state index in [0.717, 1.165) is 11.0 Å². The van der Waals surface area contributed by atoms with Crippen LogP contribution in [0.1, 0.15) is 33.8 Å². The second-order valence-corrected chi connectivity index (χ2v) is 4.46. The monoisotopic (exact) mass is 268 g/mol. The average molecular weight is 268 g/mol. The molecule has 0 amide bonds. The fourth-order valence-electron chi connectivity index (χ4n) is 2.04. The summed E-state index contributed by atoms with van der Waals surface area (Å²) in [4.78, 5) is 30.9. The maximum Gasteiger partial charge on any atom is 0.198 e. The second kappa shape index (κ2) is 5.13. The number of aromatic amines is 1. The van der Waals surface area contributed by atoms with Crippen LogP contribution in [0.15, 0.2) is 47.3 Å². The van der Waals surface area contributed by atoms with Crippen LogP contribution in [-0.2, 0) is 0 Å². The summed E-state index contributed by atoms with van der Waals surface area (Å²) in [5.41, 5.74) is 2.20. The van der Waals surface area contributed by atoms with Crippen LogP contribution in [0.5, 0.6) is 0 Å². The molecule has 0 bridgehead atoms. The fraction of sp³-hybridized carbons (Fsp3) is 0.133. The predicted molar refractivity (Wildman–Crippen MR) is 72.7 cm³/mol. The van der Waals surface area contributed by atoms with Crippen molar-refractivity contribution in [3.8, 4) is 0 Å². The predicted octanol–water partition coefficient (Wildman–Crippen LogP) is 3.00. The maximum absolute atomic E-state index is 12.1. The largest absolute Gasteiger partial charge is 0.461 e. The number of ketones is 2. The normalized spacial score (nSPS) is 10.8. The Balaban J connectivity index is 1.68. The van der Waals surface area contributed by atoms with Gasteiger partial charge >= 0.3 is 0 Å². The number of furan rings is 1. The van der Waals surface area contributed by atoms with Gasteiger partial charge in [0.2, 0.25) is 0 Å². The van der Waals surface area contributed by atoms with Crippen molar-refractivity contribution >= 4 is 22.6 Å². The van der Waals surface area contributed by atoms with E-state index in [2.05, 4.69) is 9.97 Å². The Kier molecular flexibility index (Phi) is 3.16. The number of carbonyl (C=O) groups is 2. The van der Waals surface area contributed by atoms with E-state index < -0.39 is 0 Å². The third-order valence-electron chi connectivity index (χ3n) is 3.12. The Bertz CT molecular complexity index is 756. The molecule has 0 aliphatic heterocycles. The Hall–Kier alpha value is -2.69. The van der Waals surface area contributed by atoms with Crippen molar-refractivity contribution in [2.24, 2.45) is 0 Å². The van der Waals surface area contributed by atoms with Gasteiger partial charge in [-0.15, -0.1) is 0 Å². The molecule has 20 heavy (non-hydrogen) atoms. The smallest absolute Gasteiger partial charge is 0.198 e. The van der Waals surface area contributed by atoms with Gasteiger partial charge in [0.25, 0.3) is 0 Å². The fourth-order valence-corrected chi connectivity index (χ4v) is 2.04. The average Bonchev–Trinajstić information content (AvgIpc) is 3.13. The highest BCUT2D eigenvalue weighted by atomic mass is 16.3. The summed E-state index contributed by atoms with van der Waals surface area (Å²) in [5, 5.41) is 0. The van der Waals surface area contributed by atoms with Crippen LogP contribution in [0.25, 0.3) is 11.0 Å². The van der Waals surface area contributed by atoms with Gasteiger partial charge in [0.1, 0.15) is 0 Å². The highest BCUT2D eigenvalue weighted by Crippen LogP contribution is 2.15. The number of carbonyl (C=O) groups excluding carboxylic acids is 2. The van der Waals surface area contributed by atoms with Crippen LogP contribution in [0, 0.1) is 0 Å². The Morgan fingerprint density at radius 2 is 2.00 bits per heavy atom. The van der Waals surface area contributed by atoms with E-state index in [1.807, 2.05) is 0 Å². The summed E-state index contributed by atoms with van der Waals surface area (Å²) in [7, 11) is 0. The molecule has 2 aromatic heterocycles. The van der Waals surface area contributed by atoms with Gasteiger partial charge in [-0.2, -0.15) is 0 Å². The summed E-state index contributed by atoms with van der Waals surface area (Å²) in [6, 6.07) is 8.52. The molecule has 0 saturated heterocycles. The molecular weight excluding hydrogens is 256 g/mol. The van der Waals surface area contributed by atoms with Crippen molar-refractivity contribution in [3.05, 3.63) is 54.2 Å². The number of fused-ring (bicyclic) bond motifs is 1. The van der Waals surface area contributed by atoms with Crippen LogP contribution in [0.2, 0.25) is 0 Å². The van der Waals surface area contributed by atoms with Gasteiger partial charge in [0.05, 0.1) is 23.6 Å². The lowest BCUT2D eigenvalue weighted by atomic mass is 10.0. The number of hydrogen-bond acceptors (Lipinski definition) is 4. The molecule has 0 aliphatic rings. The third kappa shape index (κ3) is 2.38. The highest BCUT2D eigenvalue weighted by Gasteiger charge is 2.13. The van der Waals surface area contributed by atoms with E-state index >= 15 is 0 Å². The molecule has 0 spiro atoms. The molecule has 100 valence electrons. The van der Waals surface area contributed by atoms with Crippen LogP contribution < -0.4 is 0 Å². The van der Waals surface area contributed by atoms with Gasteiger partial charge in [-0.25, -0.2) is 4.98 Å². The quantitative estimate of drug-likeness (QED) is 0.722. The standard InChI is InChI=1S/C15H12N2O3/c18-13(5-6-14(19)15-2-1-7-20-15)10-3-4-11-12(8-10)17-9-16-11/h1-4,7-9H,5-6H2,(H,16,17). The number of imidazole rings is 1. The van der Waals surface area contributed by atoms with Gasteiger partial charge in [0.15, 0.2) is 17.3 Å². The minimum atomic E-state index is -0.161. The van der Waals surface area contributed by atoms with Gasteiger partial charge in [0, 0.05) is 18.4 Å². The lowest BCUT2D eigenvalue weighted by Gasteiger charge is -2.00. The van der Waals surface area contributed by atoms with E-state index in [4.69, 9.17) is 4.42 Å². The van der Waals surface area contributed by atoms with Crippen LogP contribution in [0.4, 0.5) is 0 Å².